The number of benzene rings is 2. The van der Waals surface area contributed by atoms with Gasteiger partial charge in [0.25, 0.3) is 5.91 Å². The van der Waals surface area contributed by atoms with Crippen LogP contribution in [0.2, 0.25) is 0 Å². The predicted octanol–water partition coefficient (Wildman–Crippen LogP) is 4.32. The third kappa shape index (κ3) is 5.54. The van der Waals surface area contributed by atoms with E-state index in [2.05, 4.69) is 29.5 Å². The number of hydrogen-bond acceptors (Lipinski definition) is 7. The van der Waals surface area contributed by atoms with E-state index in [0.29, 0.717) is 58.9 Å². The number of aromatic nitrogens is 3. The smallest absolute Gasteiger partial charge is 0.252 e. The second kappa shape index (κ2) is 11.3. The number of aryl methyl sites for hydroxylation is 2. The van der Waals surface area contributed by atoms with E-state index in [9.17, 15) is 13.2 Å². The van der Waals surface area contributed by atoms with Crippen LogP contribution in [0.3, 0.4) is 0 Å². The quantitative estimate of drug-likeness (QED) is 0.323. The van der Waals surface area contributed by atoms with Gasteiger partial charge in [-0.05, 0) is 55.5 Å². The van der Waals surface area contributed by atoms with Gasteiger partial charge in [0.1, 0.15) is 0 Å². The predicted molar refractivity (Wildman–Crippen MR) is 155 cm³/mol. The summed E-state index contributed by atoms with van der Waals surface area (Å²) < 4.78 is 36.9. The Balaban J connectivity index is 1.49. The first-order valence-corrected chi connectivity index (χ1v) is 15.2. The van der Waals surface area contributed by atoms with Gasteiger partial charge in [-0.15, -0.1) is 0 Å². The molecule has 4 aromatic rings. The van der Waals surface area contributed by atoms with Gasteiger partial charge in [-0.25, -0.2) is 18.1 Å². The Labute approximate surface area is 234 Å². The summed E-state index contributed by atoms with van der Waals surface area (Å²) in [5.74, 6) is 1.20. The molecule has 9 nitrogen and oxygen atoms in total. The maximum atomic E-state index is 13.6. The lowest BCUT2D eigenvalue weighted by Crippen LogP contribution is -2.26. The fourth-order valence-corrected chi connectivity index (χ4v) is 6.92. The lowest BCUT2D eigenvalue weighted by atomic mass is 10.0. The van der Waals surface area contributed by atoms with Gasteiger partial charge in [0, 0.05) is 12.1 Å². The molecule has 1 saturated heterocycles. The van der Waals surface area contributed by atoms with Crippen molar-refractivity contribution in [3.8, 4) is 22.8 Å². The van der Waals surface area contributed by atoms with Crippen molar-refractivity contribution in [3.05, 3.63) is 70.9 Å². The molecule has 0 radical (unpaired) electrons. The van der Waals surface area contributed by atoms with E-state index in [0.717, 1.165) is 17.5 Å². The molecule has 1 N–H and O–H groups in total. The highest BCUT2D eigenvalue weighted by atomic mass is 32.2. The van der Waals surface area contributed by atoms with E-state index in [1.54, 1.807) is 25.0 Å². The van der Waals surface area contributed by atoms with Crippen LogP contribution < -0.4 is 14.8 Å². The highest BCUT2D eigenvalue weighted by Crippen LogP contribution is 2.32. The largest absolute Gasteiger partial charge is 0.493 e. The summed E-state index contributed by atoms with van der Waals surface area (Å²) in [5.41, 5.74) is 5.36. The van der Waals surface area contributed by atoms with Crippen molar-refractivity contribution in [1.29, 1.82) is 0 Å². The normalized spacial score (nSPS) is 16.2. The van der Waals surface area contributed by atoms with Crippen molar-refractivity contribution in [2.45, 2.75) is 39.2 Å². The standard InChI is InChI=1S/C30H34N4O5S/c1-5-20-6-9-22(10-7-20)25-17-24(30(35)31-14-12-21-8-11-26(38-3)27(16-21)39-4)28-19(2)33-34(29(28)32-25)23-13-15-40(36,37)18-23/h6-11,16-17,23H,5,12-15,18H2,1-4H3,(H,31,35). The molecule has 210 valence electrons. The zero-order valence-corrected chi connectivity index (χ0v) is 24.0. The van der Waals surface area contributed by atoms with Crippen LogP contribution in [0.25, 0.3) is 22.3 Å². The molecule has 2 aromatic heterocycles. The third-order valence-corrected chi connectivity index (χ3v) is 9.19. The highest BCUT2D eigenvalue weighted by Gasteiger charge is 2.32. The minimum absolute atomic E-state index is 0.0210. The molecule has 1 fully saturated rings. The Morgan fingerprint density at radius 3 is 2.42 bits per heavy atom. The van der Waals surface area contributed by atoms with Crippen LogP contribution in [0.4, 0.5) is 0 Å². The minimum Gasteiger partial charge on any atom is -0.493 e. The van der Waals surface area contributed by atoms with Crippen molar-refractivity contribution >= 4 is 26.8 Å². The number of sulfone groups is 1. The third-order valence-electron chi connectivity index (χ3n) is 7.44. The SMILES string of the molecule is CCc1ccc(-c2cc(C(=O)NCCc3ccc(OC)c(OC)c3)c3c(C)nn(C4CCS(=O)(=O)C4)c3n2)cc1. The maximum Gasteiger partial charge on any atom is 0.252 e. The first-order valence-electron chi connectivity index (χ1n) is 13.4. The maximum absolute atomic E-state index is 13.6. The van der Waals surface area contributed by atoms with Crippen LogP contribution >= 0.6 is 0 Å². The number of amides is 1. The molecule has 10 heteroatoms. The lowest BCUT2D eigenvalue weighted by Gasteiger charge is -2.13. The first kappa shape index (κ1) is 27.6. The van der Waals surface area contributed by atoms with Crippen LogP contribution in [0.5, 0.6) is 11.5 Å². The van der Waals surface area contributed by atoms with Crippen molar-refractivity contribution in [3.63, 3.8) is 0 Å². The average molecular weight is 563 g/mol. The summed E-state index contributed by atoms with van der Waals surface area (Å²) in [6, 6.07) is 15.3. The summed E-state index contributed by atoms with van der Waals surface area (Å²) in [4.78, 5) is 18.5. The van der Waals surface area contributed by atoms with Crippen LogP contribution in [0.1, 0.15) is 46.6 Å². The molecule has 1 unspecified atom stereocenters. The van der Waals surface area contributed by atoms with Crippen LogP contribution in [0, 0.1) is 6.92 Å². The number of nitrogens with one attached hydrogen (secondary N) is 1. The highest BCUT2D eigenvalue weighted by molar-refractivity contribution is 7.91. The molecule has 2 aromatic carbocycles. The minimum atomic E-state index is -3.13. The van der Waals surface area contributed by atoms with Gasteiger partial charge in [0.2, 0.25) is 0 Å². The Hall–Kier alpha value is -3.92. The number of pyridine rings is 1. The molecule has 1 aliphatic heterocycles. The van der Waals surface area contributed by atoms with Gasteiger partial charge in [-0.2, -0.15) is 5.10 Å². The molecule has 1 aliphatic rings. The average Bonchev–Trinajstić information content (AvgIpc) is 3.50. The van der Waals surface area contributed by atoms with E-state index >= 15 is 0 Å². The number of fused-ring (bicyclic) bond motifs is 1. The number of carbonyl (C=O) groups excluding carboxylic acids is 1. The number of methoxy groups -OCH3 is 2. The van der Waals surface area contributed by atoms with Crippen molar-refractivity contribution in [1.82, 2.24) is 20.1 Å². The van der Waals surface area contributed by atoms with Crippen molar-refractivity contribution in [2.75, 3.05) is 32.3 Å². The van der Waals surface area contributed by atoms with Crippen LogP contribution in [-0.2, 0) is 22.7 Å². The first-order chi connectivity index (χ1) is 19.2. The fraction of sp³-hybridized carbons (Fsp3) is 0.367. The summed E-state index contributed by atoms with van der Waals surface area (Å²) in [6.45, 7) is 4.34. The summed E-state index contributed by atoms with van der Waals surface area (Å²) in [5, 5.41) is 8.38. The Kier molecular flexibility index (Phi) is 7.80. The molecule has 1 atom stereocenters. The molecule has 0 aliphatic carbocycles. The second-order valence-corrected chi connectivity index (χ2v) is 12.3. The number of nitrogens with zero attached hydrogens (tertiary/aromatic N) is 3. The molecule has 0 spiro atoms. The summed E-state index contributed by atoms with van der Waals surface area (Å²) in [6.07, 6.45) is 1.99. The molecule has 5 rings (SSSR count). The molecule has 3 heterocycles. The van der Waals surface area contributed by atoms with Crippen LogP contribution in [-0.4, -0.2) is 61.4 Å². The number of carbonyl (C=O) groups is 1. The molecular formula is C30H34N4O5S. The zero-order chi connectivity index (χ0) is 28.4. The van der Waals surface area contributed by atoms with Gasteiger partial charge < -0.3 is 14.8 Å². The number of ether oxygens (including phenoxy) is 2. The molecule has 40 heavy (non-hydrogen) atoms. The Morgan fingerprint density at radius 1 is 1.05 bits per heavy atom. The summed E-state index contributed by atoms with van der Waals surface area (Å²) in [7, 11) is 0.0528. The van der Waals surface area contributed by atoms with E-state index in [4.69, 9.17) is 14.5 Å². The van der Waals surface area contributed by atoms with Crippen molar-refractivity contribution < 1.29 is 22.7 Å². The fourth-order valence-electron chi connectivity index (χ4n) is 5.23. The van der Waals surface area contributed by atoms with Gasteiger partial charge in [0.15, 0.2) is 27.0 Å². The Morgan fingerprint density at radius 2 is 1.77 bits per heavy atom. The van der Waals surface area contributed by atoms with Gasteiger partial charge in [0.05, 0.1) is 54.1 Å². The van der Waals surface area contributed by atoms with Crippen molar-refractivity contribution in [2.24, 2.45) is 0 Å². The lowest BCUT2D eigenvalue weighted by molar-refractivity contribution is 0.0955. The van der Waals surface area contributed by atoms with Gasteiger partial charge in [-0.3, -0.25) is 4.79 Å². The van der Waals surface area contributed by atoms with Gasteiger partial charge >= 0.3 is 0 Å². The Bertz CT molecular complexity index is 1660. The topological polar surface area (TPSA) is 112 Å². The van der Waals surface area contributed by atoms with Gasteiger partial charge in [-0.1, -0.05) is 37.3 Å². The zero-order valence-electron chi connectivity index (χ0n) is 23.2. The molecule has 1 amide bonds. The number of hydrogen-bond donors (Lipinski definition) is 1. The molecular weight excluding hydrogens is 528 g/mol. The summed E-state index contributed by atoms with van der Waals surface area (Å²) >= 11 is 0. The molecule has 0 saturated carbocycles. The van der Waals surface area contributed by atoms with E-state index in [1.807, 2.05) is 37.3 Å². The second-order valence-electron chi connectivity index (χ2n) is 10.1. The van der Waals surface area contributed by atoms with E-state index < -0.39 is 9.84 Å². The van der Waals surface area contributed by atoms with E-state index in [-0.39, 0.29) is 23.5 Å². The number of rotatable bonds is 9. The monoisotopic (exact) mass is 562 g/mol. The van der Waals surface area contributed by atoms with Crippen LogP contribution in [0.15, 0.2) is 48.5 Å². The van der Waals surface area contributed by atoms with E-state index in [1.165, 1.54) is 5.56 Å². The molecule has 0 bridgehead atoms.